The molecule has 0 spiro atoms. The Morgan fingerprint density at radius 1 is 0.158 bits per heavy atom. The Hall–Kier alpha value is -15.8. The molecule has 562 valence electrons. The van der Waals surface area contributed by atoms with E-state index in [1.165, 1.54) is 48.8 Å². The third kappa shape index (κ3) is 11.0. The van der Waals surface area contributed by atoms with Gasteiger partial charge in [0.25, 0.3) is 0 Å². The Morgan fingerprint density at radius 3 is 0.875 bits per heavy atom. The van der Waals surface area contributed by atoms with Crippen molar-refractivity contribution >= 4 is 220 Å². The molecule has 0 bridgehead atoms. The maximum atomic E-state index is 7.58. The molecule has 0 saturated heterocycles. The predicted octanol–water partition coefficient (Wildman–Crippen LogP) is 33.2. The van der Waals surface area contributed by atoms with Crippen LogP contribution in [0.4, 0.5) is 68.2 Å². The van der Waals surface area contributed by atoms with E-state index in [1.54, 1.807) is 0 Å². The normalized spacial score (nSPS) is 11.9. The molecule has 2 heterocycles. The van der Waals surface area contributed by atoms with E-state index in [1.807, 2.05) is 0 Å². The molecule has 0 unspecified atom stereocenters. The van der Waals surface area contributed by atoms with Crippen molar-refractivity contribution in [3.8, 4) is 11.1 Å². The van der Waals surface area contributed by atoms with E-state index in [0.29, 0.717) is 0 Å². The van der Waals surface area contributed by atoms with Crippen LogP contribution in [0.5, 0.6) is 0 Å². The molecule has 0 N–H and O–H groups in total. The summed E-state index contributed by atoms with van der Waals surface area (Å²) in [5.41, 5.74) is 20.2. The molecule has 2 aromatic heterocycles. The van der Waals surface area contributed by atoms with Crippen LogP contribution in [-0.4, -0.2) is 0 Å². The van der Waals surface area contributed by atoms with E-state index < -0.39 is 0 Å². The lowest BCUT2D eigenvalue weighted by Crippen LogP contribution is -2.11. The van der Waals surface area contributed by atoms with Crippen molar-refractivity contribution in [2.45, 2.75) is 13.8 Å². The molecule has 0 radical (unpaired) electrons. The van der Waals surface area contributed by atoms with Crippen LogP contribution in [0.2, 0.25) is 0 Å². The molecular formula is C114H74N4O2. The number of benzene rings is 22. The summed E-state index contributed by atoms with van der Waals surface area (Å²) in [6.45, 7) is 4.33. The highest BCUT2D eigenvalue weighted by molar-refractivity contribution is 6.33. The minimum Gasteiger partial charge on any atom is -0.456 e. The van der Waals surface area contributed by atoms with Gasteiger partial charge in [-0.2, -0.15) is 0 Å². The molecule has 22 aromatic carbocycles. The lowest BCUT2D eigenvalue weighted by Gasteiger charge is -2.29. The molecule has 6 heteroatoms. The molecule has 0 aliphatic heterocycles. The van der Waals surface area contributed by atoms with Gasteiger partial charge in [0.2, 0.25) is 0 Å². The second kappa shape index (κ2) is 27.5. The third-order valence-electron chi connectivity index (χ3n) is 24.9. The summed E-state index contributed by atoms with van der Waals surface area (Å²) in [5, 5.41) is 27.2. The fourth-order valence-corrected chi connectivity index (χ4v) is 19.4. The van der Waals surface area contributed by atoms with E-state index in [9.17, 15) is 0 Å². The second-order valence-corrected chi connectivity index (χ2v) is 32.0. The first kappa shape index (κ1) is 68.6. The zero-order valence-electron chi connectivity index (χ0n) is 65.9. The van der Waals surface area contributed by atoms with Gasteiger partial charge in [0.05, 0.1) is 34.1 Å². The number of anilines is 12. The van der Waals surface area contributed by atoms with Crippen LogP contribution in [0.15, 0.2) is 421 Å². The fraction of sp³-hybridized carbons (Fsp3) is 0.0175. The van der Waals surface area contributed by atoms with Crippen molar-refractivity contribution in [2.24, 2.45) is 0 Å². The van der Waals surface area contributed by atoms with Gasteiger partial charge in [-0.05, 0) is 197 Å². The fourth-order valence-electron chi connectivity index (χ4n) is 19.4. The van der Waals surface area contributed by atoms with E-state index in [4.69, 9.17) is 8.83 Å². The molecule has 24 rings (SSSR count). The summed E-state index contributed by atoms with van der Waals surface area (Å²) in [7, 11) is 0. The lowest BCUT2D eigenvalue weighted by molar-refractivity contribution is 0.669. The van der Waals surface area contributed by atoms with Crippen molar-refractivity contribution in [3.63, 3.8) is 0 Å². The van der Waals surface area contributed by atoms with Crippen molar-refractivity contribution in [1.82, 2.24) is 0 Å². The maximum Gasteiger partial charge on any atom is 0.138 e. The molecule has 0 aliphatic carbocycles. The molecule has 0 fully saturated rings. The average molecular weight is 1530 g/mol. The predicted molar refractivity (Wildman–Crippen MR) is 510 cm³/mol. The third-order valence-corrected chi connectivity index (χ3v) is 24.9. The summed E-state index contributed by atoms with van der Waals surface area (Å²) in [5.74, 6) is 0. The first-order chi connectivity index (χ1) is 59.3. The van der Waals surface area contributed by atoms with E-state index in [-0.39, 0.29) is 0 Å². The SMILES string of the molecule is Cc1ccc(N(c2cc3ccccc3c3ccccc23)c2cc3oc4cc(N(c5ccc(C)cc5)c5cc6cc(-c7ccc8c(c7)c(N(c7ccccc7)c7ccc9ccccc9c7)cc7oc9cc(N(c%10ccccc%10)c%10ccc%11ccccc%11c%10)c%10ccccc%10c9c78)ccc6c6ccccc56)c5ccccc5c4c3c3ccccc23)cc1. The van der Waals surface area contributed by atoms with Gasteiger partial charge in [-0.25, -0.2) is 0 Å². The van der Waals surface area contributed by atoms with Gasteiger partial charge in [-0.1, -0.05) is 302 Å². The highest BCUT2D eigenvalue weighted by atomic mass is 16.3. The summed E-state index contributed by atoms with van der Waals surface area (Å²) >= 11 is 0. The van der Waals surface area contributed by atoms with Crippen molar-refractivity contribution in [1.29, 1.82) is 0 Å². The molecule has 24 aromatic rings. The van der Waals surface area contributed by atoms with Crippen LogP contribution >= 0.6 is 0 Å². The number of para-hydroxylation sites is 2. The van der Waals surface area contributed by atoms with Crippen LogP contribution in [0.1, 0.15) is 11.1 Å². The molecule has 0 atom stereocenters. The highest BCUT2D eigenvalue weighted by Gasteiger charge is 2.30. The van der Waals surface area contributed by atoms with Gasteiger partial charge >= 0.3 is 0 Å². The van der Waals surface area contributed by atoms with Crippen LogP contribution in [0.25, 0.3) is 163 Å². The Morgan fingerprint density at radius 2 is 0.442 bits per heavy atom. The van der Waals surface area contributed by atoms with Gasteiger partial charge in [0.1, 0.15) is 22.3 Å². The van der Waals surface area contributed by atoms with Crippen molar-refractivity contribution in [3.05, 3.63) is 424 Å². The molecule has 0 amide bonds. The number of rotatable bonds is 13. The average Bonchev–Trinajstić information content (AvgIpc) is 1.67. The van der Waals surface area contributed by atoms with E-state index >= 15 is 0 Å². The minimum absolute atomic E-state index is 0.798. The number of aryl methyl sites for hydroxylation is 2. The number of nitrogens with zero attached hydrogens (tertiary/aromatic N) is 4. The zero-order chi connectivity index (χ0) is 79.2. The van der Waals surface area contributed by atoms with Crippen molar-refractivity contribution in [2.75, 3.05) is 19.6 Å². The van der Waals surface area contributed by atoms with Crippen LogP contribution in [0.3, 0.4) is 0 Å². The topological polar surface area (TPSA) is 39.2 Å². The highest BCUT2D eigenvalue weighted by Crippen LogP contribution is 2.55. The second-order valence-electron chi connectivity index (χ2n) is 32.0. The van der Waals surface area contributed by atoms with Gasteiger partial charge in [0.15, 0.2) is 0 Å². The molecule has 6 nitrogen and oxygen atoms in total. The molecule has 0 saturated carbocycles. The first-order valence-corrected chi connectivity index (χ1v) is 41.2. The Kier molecular flexibility index (Phi) is 15.7. The Labute approximate surface area is 692 Å². The summed E-state index contributed by atoms with van der Waals surface area (Å²) in [6.07, 6.45) is 0. The quantitative estimate of drug-likeness (QED) is 0.107. The van der Waals surface area contributed by atoms with Gasteiger partial charge in [-0.15, -0.1) is 0 Å². The first-order valence-electron chi connectivity index (χ1n) is 41.2. The monoisotopic (exact) mass is 1530 g/mol. The van der Waals surface area contributed by atoms with Crippen LogP contribution < -0.4 is 19.6 Å². The van der Waals surface area contributed by atoms with Crippen molar-refractivity contribution < 1.29 is 8.83 Å². The smallest absolute Gasteiger partial charge is 0.138 e. The lowest BCUT2D eigenvalue weighted by atomic mass is 9.92. The maximum absolute atomic E-state index is 7.58. The Balaban J connectivity index is 0.714. The molecule has 0 aliphatic rings. The summed E-state index contributed by atoms with van der Waals surface area (Å²) < 4.78 is 15.1. The number of hydrogen-bond acceptors (Lipinski definition) is 6. The van der Waals surface area contributed by atoms with Crippen LogP contribution in [-0.2, 0) is 0 Å². The zero-order valence-corrected chi connectivity index (χ0v) is 65.9. The molecule has 120 heavy (non-hydrogen) atoms. The minimum atomic E-state index is 0.798. The van der Waals surface area contributed by atoms with E-state index in [0.717, 1.165) is 193 Å². The number of hydrogen-bond donors (Lipinski definition) is 0. The largest absolute Gasteiger partial charge is 0.456 e. The van der Waals surface area contributed by atoms with E-state index in [2.05, 4.69) is 446 Å². The number of furan rings is 2. The van der Waals surface area contributed by atoms with Gasteiger partial charge in [0, 0.05) is 112 Å². The number of fused-ring (bicyclic) bond motifs is 22. The Bertz CT molecular complexity index is 8340. The molecular weight excluding hydrogens is 1460 g/mol. The van der Waals surface area contributed by atoms with Gasteiger partial charge in [-0.3, -0.25) is 0 Å². The summed E-state index contributed by atoms with van der Waals surface area (Å²) in [4.78, 5) is 9.75. The van der Waals surface area contributed by atoms with Gasteiger partial charge < -0.3 is 28.4 Å². The standard InChI is InChI=1S/C114H74N4O2/c1-71-45-53-83(54-46-71)117(101-65-79-29-13-14-34-87(79)89-35-15-17-37-91(89)101)104-68-108-111(97-43-23-20-40-94(97)104)112-98-44-24-21-41-95(98)105(69-109(112)120-108)118(84-55-47-72(2)48-56-84)102-66-80-61-77(51-59-88(80)90-36-16-18-38-92(90)102)78-52-60-99-100(64-78)106(116(82-32-7-4-8-33-82)86-58-50-74-26-10-12-28-76(74)63-86)70-110-114(99)113-96-42-22-19-39-93(96)103(67-107(113)119-110)115(81-30-5-3-6-31-81)85-57-49-73-25-9-11-27-75(73)62-85/h3-70H,1-2H3. The van der Waals surface area contributed by atoms with Crippen LogP contribution in [0, 0.1) is 13.8 Å². The summed E-state index contributed by atoms with van der Waals surface area (Å²) in [6, 6.07) is 152.